The van der Waals surface area contributed by atoms with Crippen LogP contribution in [-0.4, -0.2) is 0 Å². The van der Waals surface area contributed by atoms with Crippen molar-refractivity contribution in [3.8, 4) is 0 Å². The van der Waals surface area contributed by atoms with Gasteiger partial charge in [0.25, 0.3) is 0 Å². The number of hydrogen-bond acceptors (Lipinski definition) is 1. The standard InChI is InChI=1S/C35H47N/c1-8-13-27-35(7,12-5)30-18-24-33(25-19-30)36(31-20-14-28(10-3)15-21-31)32-22-16-29(17-23-32)34(6,11-4)26-9-2/h10,14-25H,3,8-9,11-13,26-27H2,1-2,4-7H3. The normalized spacial score (nSPS) is 14.6. The van der Waals surface area contributed by atoms with Crippen LogP contribution in [0.25, 0.3) is 6.08 Å². The van der Waals surface area contributed by atoms with Crippen molar-refractivity contribution in [1.82, 2.24) is 0 Å². The van der Waals surface area contributed by atoms with Gasteiger partial charge in [0, 0.05) is 17.1 Å². The van der Waals surface area contributed by atoms with Gasteiger partial charge in [-0.2, -0.15) is 0 Å². The van der Waals surface area contributed by atoms with Gasteiger partial charge in [0.05, 0.1) is 0 Å². The first-order valence-corrected chi connectivity index (χ1v) is 14.1. The van der Waals surface area contributed by atoms with Crippen molar-refractivity contribution in [2.45, 2.75) is 97.3 Å². The first-order valence-electron chi connectivity index (χ1n) is 14.1. The summed E-state index contributed by atoms with van der Waals surface area (Å²) < 4.78 is 0. The third-order valence-corrected chi connectivity index (χ3v) is 8.48. The van der Waals surface area contributed by atoms with E-state index in [1.165, 1.54) is 54.6 Å². The van der Waals surface area contributed by atoms with E-state index < -0.39 is 0 Å². The zero-order valence-corrected chi connectivity index (χ0v) is 23.6. The highest BCUT2D eigenvalue weighted by molar-refractivity contribution is 5.77. The summed E-state index contributed by atoms with van der Waals surface area (Å²) in [5.41, 5.74) is 8.02. The Morgan fingerprint density at radius 3 is 1.39 bits per heavy atom. The molecule has 0 saturated carbocycles. The summed E-state index contributed by atoms with van der Waals surface area (Å²) in [5, 5.41) is 0. The Bertz CT molecular complexity index is 1080. The van der Waals surface area contributed by atoms with E-state index in [9.17, 15) is 0 Å². The van der Waals surface area contributed by atoms with E-state index in [2.05, 4.69) is 126 Å². The highest BCUT2D eigenvalue weighted by Gasteiger charge is 2.25. The molecule has 0 saturated heterocycles. The highest BCUT2D eigenvalue weighted by Crippen LogP contribution is 2.40. The second kappa shape index (κ2) is 12.4. The number of hydrogen-bond donors (Lipinski definition) is 0. The number of anilines is 3. The fourth-order valence-electron chi connectivity index (χ4n) is 5.40. The van der Waals surface area contributed by atoms with Crippen molar-refractivity contribution >= 4 is 23.1 Å². The second-order valence-electron chi connectivity index (χ2n) is 10.9. The van der Waals surface area contributed by atoms with E-state index in [1.807, 2.05) is 6.08 Å². The Labute approximate surface area is 221 Å². The molecule has 2 unspecified atom stereocenters. The Kier molecular flexibility index (Phi) is 9.60. The molecule has 2 atom stereocenters. The molecule has 0 spiro atoms. The Morgan fingerprint density at radius 1 is 0.611 bits per heavy atom. The molecule has 0 aromatic heterocycles. The van der Waals surface area contributed by atoms with E-state index in [4.69, 9.17) is 0 Å². The molecule has 1 heteroatoms. The van der Waals surface area contributed by atoms with Crippen LogP contribution in [-0.2, 0) is 10.8 Å². The quantitative estimate of drug-likeness (QED) is 0.234. The monoisotopic (exact) mass is 481 g/mol. The molecule has 3 aromatic carbocycles. The average Bonchev–Trinajstić information content (AvgIpc) is 2.93. The van der Waals surface area contributed by atoms with Gasteiger partial charge in [0.2, 0.25) is 0 Å². The average molecular weight is 482 g/mol. The smallest absolute Gasteiger partial charge is 0.0462 e. The summed E-state index contributed by atoms with van der Waals surface area (Å²) in [5.74, 6) is 0. The molecule has 0 heterocycles. The molecule has 0 amide bonds. The summed E-state index contributed by atoms with van der Waals surface area (Å²) in [7, 11) is 0. The van der Waals surface area contributed by atoms with Crippen LogP contribution in [0.2, 0.25) is 0 Å². The maximum atomic E-state index is 3.93. The van der Waals surface area contributed by atoms with Gasteiger partial charge in [0.1, 0.15) is 0 Å². The van der Waals surface area contributed by atoms with E-state index in [1.54, 1.807) is 0 Å². The number of rotatable bonds is 13. The van der Waals surface area contributed by atoms with Crippen LogP contribution in [0.3, 0.4) is 0 Å². The van der Waals surface area contributed by atoms with Crippen LogP contribution in [0.1, 0.15) is 103 Å². The molecule has 0 aliphatic heterocycles. The summed E-state index contributed by atoms with van der Waals surface area (Å²) in [6.45, 7) is 17.9. The lowest BCUT2D eigenvalue weighted by Gasteiger charge is -2.31. The molecule has 3 rings (SSSR count). The fraction of sp³-hybridized carbons (Fsp3) is 0.429. The van der Waals surface area contributed by atoms with Gasteiger partial charge in [-0.25, -0.2) is 0 Å². The summed E-state index contributed by atoms with van der Waals surface area (Å²) in [4.78, 5) is 2.37. The molecule has 0 N–H and O–H groups in total. The van der Waals surface area contributed by atoms with Gasteiger partial charge < -0.3 is 4.90 Å². The third-order valence-electron chi connectivity index (χ3n) is 8.48. The van der Waals surface area contributed by atoms with Crippen LogP contribution in [0.4, 0.5) is 17.1 Å². The van der Waals surface area contributed by atoms with E-state index in [0.717, 1.165) is 24.1 Å². The lowest BCUT2D eigenvalue weighted by molar-refractivity contribution is 0.403. The molecular formula is C35H47N. The first-order chi connectivity index (χ1) is 17.3. The minimum atomic E-state index is 0.231. The molecule has 0 aliphatic carbocycles. The predicted octanol–water partition coefficient (Wildman–Crippen LogP) is 11.1. The van der Waals surface area contributed by atoms with Gasteiger partial charge in [-0.3, -0.25) is 0 Å². The van der Waals surface area contributed by atoms with Gasteiger partial charge >= 0.3 is 0 Å². The SMILES string of the molecule is C=Cc1ccc(N(c2ccc(C(C)(CC)CCC)cc2)c2ccc(C(C)(CC)CCCC)cc2)cc1. The minimum Gasteiger partial charge on any atom is -0.311 e. The zero-order chi connectivity index (χ0) is 26.2. The van der Waals surface area contributed by atoms with Gasteiger partial charge in [0.15, 0.2) is 0 Å². The number of nitrogens with zero attached hydrogens (tertiary/aromatic N) is 1. The predicted molar refractivity (Wildman–Crippen MR) is 161 cm³/mol. The van der Waals surface area contributed by atoms with Crippen molar-refractivity contribution in [3.63, 3.8) is 0 Å². The van der Waals surface area contributed by atoms with Crippen molar-refractivity contribution in [3.05, 3.63) is 96.1 Å². The molecular weight excluding hydrogens is 434 g/mol. The summed E-state index contributed by atoms with van der Waals surface area (Å²) in [6, 6.07) is 27.3. The van der Waals surface area contributed by atoms with Crippen molar-refractivity contribution in [2.24, 2.45) is 0 Å². The van der Waals surface area contributed by atoms with E-state index >= 15 is 0 Å². The van der Waals surface area contributed by atoms with Crippen LogP contribution in [0.15, 0.2) is 79.4 Å². The number of benzene rings is 3. The minimum absolute atomic E-state index is 0.231. The lowest BCUT2D eigenvalue weighted by Crippen LogP contribution is -2.21. The second-order valence-corrected chi connectivity index (χ2v) is 10.9. The van der Waals surface area contributed by atoms with Gasteiger partial charge in [-0.05, 0) is 89.6 Å². The Hall–Kier alpha value is -2.80. The topological polar surface area (TPSA) is 3.24 Å². The van der Waals surface area contributed by atoms with Crippen LogP contribution < -0.4 is 4.90 Å². The molecule has 1 nitrogen and oxygen atoms in total. The lowest BCUT2D eigenvalue weighted by atomic mass is 9.76. The number of unbranched alkanes of at least 4 members (excludes halogenated alkanes) is 1. The molecule has 192 valence electrons. The van der Waals surface area contributed by atoms with Crippen LogP contribution in [0.5, 0.6) is 0 Å². The summed E-state index contributed by atoms with van der Waals surface area (Å²) >= 11 is 0. The van der Waals surface area contributed by atoms with Gasteiger partial charge in [-0.1, -0.05) is 110 Å². The largest absolute Gasteiger partial charge is 0.311 e. The fourth-order valence-corrected chi connectivity index (χ4v) is 5.40. The molecule has 3 aromatic rings. The van der Waals surface area contributed by atoms with Crippen molar-refractivity contribution in [2.75, 3.05) is 4.90 Å². The Balaban J connectivity index is 2.03. The molecule has 0 radical (unpaired) electrons. The maximum Gasteiger partial charge on any atom is 0.0462 e. The molecule has 0 aliphatic rings. The van der Waals surface area contributed by atoms with Crippen molar-refractivity contribution in [1.29, 1.82) is 0 Å². The maximum absolute atomic E-state index is 3.93. The van der Waals surface area contributed by atoms with E-state index in [0.29, 0.717) is 0 Å². The molecule has 36 heavy (non-hydrogen) atoms. The van der Waals surface area contributed by atoms with Crippen LogP contribution >= 0.6 is 0 Å². The Morgan fingerprint density at radius 2 is 1.03 bits per heavy atom. The zero-order valence-electron chi connectivity index (χ0n) is 23.6. The summed E-state index contributed by atoms with van der Waals surface area (Å²) in [6.07, 6.45) is 10.4. The molecule has 0 bridgehead atoms. The highest BCUT2D eigenvalue weighted by atomic mass is 15.1. The van der Waals surface area contributed by atoms with Gasteiger partial charge in [-0.15, -0.1) is 0 Å². The van der Waals surface area contributed by atoms with Crippen molar-refractivity contribution < 1.29 is 0 Å². The first kappa shape index (κ1) is 27.8. The third kappa shape index (κ3) is 6.12. The van der Waals surface area contributed by atoms with E-state index in [-0.39, 0.29) is 10.8 Å². The molecule has 0 fully saturated rings. The van der Waals surface area contributed by atoms with Crippen LogP contribution in [0, 0.1) is 0 Å².